The average molecular weight is 601 g/mol. The van der Waals surface area contributed by atoms with Crippen LogP contribution in [0.3, 0.4) is 0 Å². The monoisotopic (exact) mass is 601 g/mol. The average Bonchev–Trinajstić information content (AvgIpc) is 2.86. The van der Waals surface area contributed by atoms with Crippen LogP contribution in [0.5, 0.6) is 11.6 Å². The predicted molar refractivity (Wildman–Crippen MR) is 134 cm³/mol. The Balaban J connectivity index is 1.37. The molecule has 186 valence electrons. The number of rotatable bonds is 7. The Morgan fingerprint density at radius 1 is 1.26 bits per heavy atom. The maximum atomic E-state index is 14.8. The van der Waals surface area contributed by atoms with Crippen LogP contribution < -0.4 is 10.1 Å². The number of alkyl halides is 2. The summed E-state index contributed by atoms with van der Waals surface area (Å²) in [4.78, 5) is 26.3. The van der Waals surface area contributed by atoms with Crippen LogP contribution in [0.2, 0.25) is 0 Å². The van der Waals surface area contributed by atoms with Crippen molar-refractivity contribution in [3.63, 3.8) is 0 Å². The van der Waals surface area contributed by atoms with E-state index < -0.39 is 38.8 Å². The fraction of sp³-hybridized carbons (Fsp3) is 0.375. The molecule has 1 N–H and O–H groups in total. The van der Waals surface area contributed by atoms with Gasteiger partial charge in [0, 0.05) is 31.3 Å². The van der Waals surface area contributed by atoms with Gasteiger partial charge in [0.05, 0.1) is 12.4 Å². The van der Waals surface area contributed by atoms with Crippen LogP contribution in [0.25, 0.3) is 0 Å². The van der Waals surface area contributed by atoms with Gasteiger partial charge in [-0.1, -0.05) is 6.92 Å². The summed E-state index contributed by atoms with van der Waals surface area (Å²) in [5.41, 5.74) is 0.621. The van der Waals surface area contributed by atoms with E-state index in [2.05, 4.69) is 15.3 Å². The molecule has 2 aliphatic rings. The lowest BCUT2D eigenvalue weighted by Gasteiger charge is -2.38. The van der Waals surface area contributed by atoms with Gasteiger partial charge in [-0.2, -0.15) is 0 Å². The molecule has 0 bridgehead atoms. The summed E-state index contributed by atoms with van der Waals surface area (Å²) < 4.78 is 51.6. The summed E-state index contributed by atoms with van der Waals surface area (Å²) in [5, 5.41) is 2.71. The zero-order valence-corrected chi connectivity index (χ0v) is 21.3. The summed E-state index contributed by atoms with van der Waals surface area (Å²) in [5.74, 6) is -4.28. The summed E-state index contributed by atoms with van der Waals surface area (Å²) in [6.45, 7) is 1.75. The van der Waals surface area contributed by atoms with Crippen LogP contribution in [0.1, 0.15) is 26.2 Å². The number of carbonyl (C=O) groups is 1. The number of hydrogen-bond acceptors (Lipinski definition) is 5. The zero-order valence-electron chi connectivity index (χ0n) is 19.1. The highest BCUT2D eigenvalue weighted by Crippen LogP contribution is 2.47. The Bertz CT molecular complexity index is 1150. The maximum absolute atomic E-state index is 14.8. The van der Waals surface area contributed by atoms with Gasteiger partial charge in [0.25, 0.3) is 26.9 Å². The molecule has 0 unspecified atom stereocenters. The molecule has 1 aliphatic carbocycles. The van der Waals surface area contributed by atoms with Gasteiger partial charge >= 0.3 is 0 Å². The third kappa shape index (κ3) is 6.24. The molecule has 35 heavy (non-hydrogen) atoms. The lowest BCUT2D eigenvalue weighted by molar-refractivity contribution is -0.614. The van der Waals surface area contributed by atoms with E-state index in [1.807, 2.05) is 4.01 Å². The van der Waals surface area contributed by atoms with Crippen molar-refractivity contribution in [3.8, 4) is 11.6 Å². The smallest absolute Gasteiger partial charge is 0.293 e. The van der Waals surface area contributed by atoms with E-state index in [4.69, 9.17) is 9.57 Å². The van der Waals surface area contributed by atoms with E-state index in [0.29, 0.717) is 11.3 Å². The Kier molecular flexibility index (Phi) is 7.82. The molecule has 0 saturated heterocycles. The molecule has 1 aromatic carbocycles. The molecule has 2 heterocycles. The van der Waals surface area contributed by atoms with Gasteiger partial charge < -0.3 is 10.1 Å². The van der Waals surface area contributed by atoms with Crippen LogP contribution in [0.4, 0.5) is 19.0 Å². The number of benzene rings is 1. The quantitative estimate of drug-likeness (QED) is 0.344. The van der Waals surface area contributed by atoms with Crippen molar-refractivity contribution in [1.29, 1.82) is 0 Å². The van der Waals surface area contributed by atoms with Crippen LogP contribution >= 0.6 is 21.0 Å². The second-order valence-electron chi connectivity index (χ2n) is 8.40. The number of aromatic nitrogens is 2. The normalized spacial score (nSPS) is 22.2. The van der Waals surface area contributed by atoms with E-state index in [0.717, 1.165) is 0 Å². The Morgan fingerprint density at radius 2 is 2.03 bits per heavy atom. The SMILES string of the molecule is CO[N+]1=CC=C([C@H]2C[C@@H]([C@@H](C)C(=O)Nc3cnc(Oc4ccc(F)cc4)cn3)CCC2(F)F)C=I1. The van der Waals surface area contributed by atoms with Gasteiger partial charge in [0.15, 0.2) is 5.82 Å². The predicted octanol–water partition coefficient (Wildman–Crippen LogP) is 5.31. The molecule has 2 aromatic rings. The van der Waals surface area contributed by atoms with E-state index >= 15 is 0 Å². The number of nitrogens with one attached hydrogen (secondary N) is 1. The molecule has 0 radical (unpaired) electrons. The molecule has 1 amide bonds. The van der Waals surface area contributed by atoms with Gasteiger partial charge in [0.1, 0.15) is 18.7 Å². The molecule has 3 atom stereocenters. The molecule has 7 nitrogen and oxygen atoms in total. The lowest BCUT2D eigenvalue weighted by Crippen LogP contribution is -2.41. The first-order valence-corrected chi connectivity index (χ1v) is 13.3. The Hall–Kier alpha value is -2.83. The summed E-state index contributed by atoms with van der Waals surface area (Å²) in [6.07, 6.45) is 6.31. The molecular weight excluding hydrogens is 576 g/mol. The summed E-state index contributed by atoms with van der Waals surface area (Å²) in [7, 11) is 1.55. The summed E-state index contributed by atoms with van der Waals surface area (Å²) >= 11 is -0.652. The minimum absolute atomic E-state index is 0.184. The molecule has 1 saturated carbocycles. The van der Waals surface area contributed by atoms with E-state index in [9.17, 15) is 18.0 Å². The van der Waals surface area contributed by atoms with Gasteiger partial charge in [-0.05, 0) is 48.6 Å². The third-order valence-corrected chi connectivity index (χ3v) is 8.43. The van der Waals surface area contributed by atoms with E-state index in [1.54, 1.807) is 29.3 Å². The number of ether oxygens (including phenoxy) is 1. The standard InChI is InChI=1S/C24H24F3IN4O3/c1-15(16-7-9-24(26,27)20(11-16)17-8-10-32(34-2)28-12-17)23(33)31-21-13-30-22(14-29-21)35-19-5-3-18(25)4-6-19/h3-6,8,10,12-16,20H,7,9,11H2,1-2H3/p+1/t15-,16+,20-/m1/s1. The van der Waals surface area contributed by atoms with Crippen LogP contribution in [-0.2, 0) is 9.63 Å². The number of nitrogens with zero attached hydrogens (tertiary/aromatic N) is 3. The number of allylic oxidation sites excluding steroid dienone is 2. The molecule has 0 spiro atoms. The van der Waals surface area contributed by atoms with E-state index in [1.165, 1.54) is 36.7 Å². The zero-order chi connectivity index (χ0) is 25.0. The first kappa shape index (κ1) is 25.3. The lowest BCUT2D eigenvalue weighted by atomic mass is 9.71. The number of carbonyl (C=O) groups excluding carboxylic acids is 1. The maximum Gasteiger partial charge on any atom is 0.293 e. The van der Waals surface area contributed by atoms with Crippen LogP contribution in [-0.4, -0.2) is 42.1 Å². The number of amides is 1. The van der Waals surface area contributed by atoms with E-state index in [-0.39, 0.29) is 48.6 Å². The van der Waals surface area contributed by atoms with Gasteiger partial charge in [-0.15, -0.1) is 0 Å². The number of hydrogen-bond donors (Lipinski definition) is 1. The minimum Gasteiger partial charge on any atom is -0.438 e. The number of halogens is 4. The van der Waals surface area contributed by atoms with Crippen LogP contribution in [0.15, 0.2) is 48.3 Å². The topological polar surface area (TPSA) is 76.4 Å². The molecule has 1 aliphatic heterocycles. The molecule has 11 heteroatoms. The molecular formula is C24H25F3IN4O3+. The largest absolute Gasteiger partial charge is 0.438 e. The van der Waals surface area contributed by atoms with Gasteiger partial charge in [-0.3, -0.25) is 9.63 Å². The first-order chi connectivity index (χ1) is 16.7. The first-order valence-electron chi connectivity index (χ1n) is 11.0. The highest BCUT2D eigenvalue weighted by Gasteiger charge is 2.48. The van der Waals surface area contributed by atoms with Crippen molar-refractivity contribution >= 4 is 43.0 Å². The molecule has 1 aromatic heterocycles. The Labute approximate surface area is 211 Å². The fourth-order valence-corrected chi connectivity index (χ4v) is 5.91. The highest BCUT2D eigenvalue weighted by atomic mass is 127. The Morgan fingerprint density at radius 3 is 2.66 bits per heavy atom. The van der Waals surface area contributed by atoms with Crippen molar-refractivity contribution in [2.75, 3.05) is 12.4 Å². The van der Waals surface area contributed by atoms with Crippen molar-refractivity contribution in [1.82, 2.24) is 9.97 Å². The van der Waals surface area contributed by atoms with Crippen LogP contribution in [0, 0.1) is 23.6 Å². The van der Waals surface area contributed by atoms with Gasteiger partial charge in [0.2, 0.25) is 18.0 Å². The van der Waals surface area contributed by atoms with Crippen molar-refractivity contribution in [2.24, 2.45) is 17.8 Å². The third-order valence-electron chi connectivity index (χ3n) is 6.16. The van der Waals surface area contributed by atoms with Crippen molar-refractivity contribution in [2.45, 2.75) is 32.1 Å². The fourth-order valence-electron chi connectivity index (χ4n) is 4.10. The van der Waals surface area contributed by atoms with Gasteiger partial charge in [-0.25, -0.2) is 23.1 Å². The summed E-state index contributed by atoms with van der Waals surface area (Å²) in [6, 6.07) is 5.45. The highest BCUT2D eigenvalue weighted by molar-refractivity contribution is 14.1. The number of anilines is 1. The molecule has 1 fully saturated rings. The van der Waals surface area contributed by atoms with Crippen molar-refractivity contribution < 1.29 is 30.5 Å². The molecule has 4 rings (SSSR count). The van der Waals surface area contributed by atoms with Crippen molar-refractivity contribution in [3.05, 3.63) is 54.1 Å². The second kappa shape index (κ2) is 10.8. The minimum atomic E-state index is -2.81. The second-order valence-corrected chi connectivity index (χ2v) is 10.5.